The summed E-state index contributed by atoms with van der Waals surface area (Å²) in [7, 11) is 1.50. The zero-order valence-electron chi connectivity index (χ0n) is 24.7. The van der Waals surface area contributed by atoms with Gasteiger partial charge >= 0.3 is 0 Å². The van der Waals surface area contributed by atoms with Gasteiger partial charge in [-0.1, -0.05) is 24.8 Å². The first-order valence-corrected chi connectivity index (χ1v) is 14.3. The van der Waals surface area contributed by atoms with Crippen molar-refractivity contribution in [2.24, 2.45) is 5.73 Å². The Morgan fingerprint density at radius 1 is 1.09 bits per heavy atom. The number of aryl methyl sites for hydroxylation is 1. The third-order valence-corrected chi connectivity index (χ3v) is 7.45. The maximum Gasteiger partial charge on any atom is 0.251 e. The predicted octanol–water partition coefficient (Wildman–Crippen LogP) is 4.01. The lowest BCUT2D eigenvalue weighted by atomic mass is 10.1. The van der Waals surface area contributed by atoms with Crippen LogP contribution in [-0.4, -0.2) is 78.1 Å². The number of ether oxygens (including phenoxy) is 1. The Morgan fingerprint density at radius 2 is 1.84 bits per heavy atom. The molecule has 4 aromatic rings. The number of carbonyl (C=O) groups excluding carboxylic acids is 2. The topological polar surface area (TPSA) is 117 Å². The number of benzene rings is 3. The van der Waals surface area contributed by atoms with Crippen LogP contribution in [0.5, 0.6) is 5.75 Å². The van der Waals surface area contributed by atoms with Crippen LogP contribution in [0.3, 0.4) is 0 Å². The van der Waals surface area contributed by atoms with E-state index in [1.165, 1.54) is 19.2 Å². The highest BCUT2D eigenvalue weighted by atomic mass is 19.1. The van der Waals surface area contributed by atoms with E-state index in [4.69, 9.17) is 4.74 Å². The van der Waals surface area contributed by atoms with Crippen molar-refractivity contribution in [2.45, 2.75) is 19.4 Å². The van der Waals surface area contributed by atoms with Gasteiger partial charge in [-0.25, -0.2) is 4.39 Å². The minimum atomic E-state index is -0.431. The van der Waals surface area contributed by atoms with Crippen LogP contribution >= 0.6 is 0 Å². The Hall–Kier alpha value is -4.54. The standard InChI is InChI=1S/C32H34FN5O3.CH5N/c1-3-31(39)38-16-14-37(15-17-38)21-30(25-6-4-22(2)28(33)19-25)41-27-9-7-24(8-10-27)32(40)34-13-12-23-5-11-29-26(18-23)20-35-36-29;1-2/h3-11,18-20,30H,1,12-17,21H2,2H3,(H,34,40)(H,35,36);2H2,1H3. The molecule has 1 atom stereocenters. The number of fused-ring (bicyclic) bond motifs is 1. The molecule has 9 nitrogen and oxygen atoms in total. The summed E-state index contributed by atoms with van der Waals surface area (Å²) in [5.74, 6) is 0.0681. The van der Waals surface area contributed by atoms with Gasteiger partial charge in [-0.3, -0.25) is 19.6 Å². The molecule has 1 aliphatic rings. The lowest BCUT2D eigenvalue weighted by Gasteiger charge is -2.36. The van der Waals surface area contributed by atoms with E-state index in [0.29, 0.717) is 62.6 Å². The average molecular weight is 587 g/mol. The van der Waals surface area contributed by atoms with Crippen molar-refractivity contribution < 1.29 is 18.7 Å². The molecule has 1 saturated heterocycles. The Morgan fingerprint density at radius 3 is 2.53 bits per heavy atom. The van der Waals surface area contributed by atoms with Crippen molar-refractivity contribution in [1.29, 1.82) is 0 Å². The number of nitrogens with zero attached hydrogens (tertiary/aromatic N) is 3. The zero-order chi connectivity index (χ0) is 30.8. The van der Waals surface area contributed by atoms with E-state index in [1.54, 1.807) is 48.4 Å². The number of carbonyl (C=O) groups is 2. The number of rotatable bonds is 10. The van der Waals surface area contributed by atoms with Gasteiger partial charge in [0, 0.05) is 50.2 Å². The van der Waals surface area contributed by atoms with Gasteiger partial charge in [-0.05, 0) is 85.6 Å². The third kappa shape index (κ3) is 8.27. The lowest BCUT2D eigenvalue weighted by molar-refractivity contribution is -0.127. The molecular weight excluding hydrogens is 547 g/mol. The molecule has 0 bridgehead atoms. The van der Waals surface area contributed by atoms with Gasteiger partial charge < -0.3 is 20.7 Å². The van der Waals surface area contributed by atoms with Gasteiger partial charge in [-0.15, -0.1) is 0 Å². The Bertz CT molecular complexity index is 1530. The summed E-state index contributed by atoms with van der Waals surface area (Å²) in [4.78, 5) is 28.7. The fraction of sp³-hybridized carbons (Fsp3) is 0.303. The summed E-state index contributed by atoms with van der Waals surface area (Å²) in [6, 6.07) is 18.2. The van der Waals surface area contributed by atoms with Crippen LogP contribution in [0.1, 0.15) is 33.2 Å². The van der Waals surface area contributed by atoms with Gasteiger partial charge in [0.1, 0.15) is 17.7 Å². The molecule has 43 heavy (non-hydrogen) atoms. The van der Waals surface area contributed by atoms with Crippen LogP contribution in [0, 0.1) is 12.7 Å². The highest BCUT2D eigenvalue weighted by Gasteiger charge is 2.24. The van der Waals surface area contributed by atoms with E-state index in [9.17, 15) is 14.0 Å². The number of nitrogens with one attached hydrogen (secondary N) is 2. The molecule has 0 saturated carbocycles. The van der Waals surface area contributed by atoms with Crippen LogP contribution in [0.4, 0.5) is 4.39 Å². The fourth-order valence-corrected chi connectivity index (χ4v) is 4.95. The number of halogens is 1. The number of hydrogen-bond donors (Lipinski definition) is 3. The third-order valence-electron chi connectivity index (χ3n) is 7.45. The molecule has 0 aliphatic carbocycles. The largest absolute Gasteiger partial charge is 0.484 e. The number of H-pyrrole nitrogens is 1. The smallest absolute Gasteiger partial charge is 0.251 e. The minimum absolute atomic E-state index is 0.0714. The van der Waals surface area contributed by atoms with Crippen molar-refractivity contribution >= 4 is 22.7 Å². The van der Waals surface area contributed by atoms with Crippen LogP contribution in [0.2, 0.25) is 0 Å². The predicted molar refractivity (Wildman–Crippen MR) is 166 cm³/mol. The minimum Gasteiger partial charge on any atom is -0.484 e. The Labute approximate surface area is 251 Å². The van der Waals surface area contributed by atoms with Crippen molar-refractivity contribution in [3.8, 4) is 5.75 Å². The number of aromatic nitrogens is 2. The number of piperazine rings is 1. The maximum atomic E-state index is 14.5. The molecule has 2 heterocycles. The van der Waals surface area contributed by atoms with Gasteiger partial charge in [0.25, 0.3) is 5.91 Å². The highest BCUT2D eigenvalue weighted by Crippen LogP contribution is 2.26. The quantitative estimate of drug-likeness (QED) is 0.242. The molecule has 5 rings (SSSR count). The molecule has 1 fully saturated rings. The average Bonchev–Trinajstić information content (AvgIpc) is 3.51. The van der Waals surface area contributed by atoms with E-state index < -0.39 is 6.10 Å². The summed E-state index contributed by atoms with van der Waals surface area (Å²) in [5, 5.41) is 11.0. The number of hydrogen-bond acceptors (Lipinski definition) is 6. The second kappa shape index (κ2) is 15.1. The molecule has 1 aliphatic heterocycles. The lowest BCUT2D eigenvalue weighted by Crippen LogP contribution is -2.49. The Kier molecular flexibility index (Phi) is 11.0. The van der Waals surface area contributed by atoms with Gasteiger partial charge in [-0.2, -0.15) is 5.10 Å². The second-order valence-electron chi connectivity index (χ2n) is 10.3. The molecule has 2 amide bonds. The molecule has 0 radical (unpaired) electrons. The van der Waals surface area contributed by atoms with Gasteiger partial charge in [0.05, 0.1) is 11.7 Å². The first-order valence-electron chi connectivity index (χ1n) is 14.3. The molecule has 4 N–H and O–H groups in total. The SMILES string of the molecule is C=CC(=O)N1CCN(CC(Oc2ccc(C(=O)NCCc3ccc4[nH]ncc4c3)cc2)c2ccc(C)c(F)c2)CC1.CN. The first-order chi connectivity index (χ1) is 20.9. The molecule has 1 unspecified atom stereocenters. The number of aromatic amines is 1. The van der Waals surface area contributed by atoms with Gasteiger partial charge in [0.15, 0.2) is 0 Å². The van der Waals surface area contributed by atoms with Crippen molar-refractivity contribution in [3.63, 3.8) is 0 Å². The summed E-state index contributed by atoms with van der Waals surface area (Å²) in [6.45, 7) is 8.90. The second-order valence-corrected chi connectivity index (χ2v) is 10.3. The van der Waals surface area contributed by atoms with E-state index in [2.05, 4.69) is 38.8 Å². The number of nitrogens with two attached hydrogens (primary N) is 1. The summed E-state index contributed by atoms with van der Waals surface area (Å²) >= 11 is 0. The maximum absolute atomic E-state index is 14.5. The molecular formula is C33H39FN6O3. The van der Waals surface area contributed by atoms with E-state index in [-0.39, 0.29) is 17.6 Å². The molecule has 3 aromatic carbocycles. The van der Waals surface area contributed by atoms with E-state index in [0.717, 1.165) is 22.0 Å². The van der Waals surface area contributed by atoms with Crippen molar-refractivity contribution in [3.05, 3.63) is 108 Å². The highest BCUT2D eigenvalue weighted by molar-refractivity contribution is 5.94. The zero-order valence-corrected chi connectivity index (χ0v) is 24.7. The van der Waals surface area contributed by atoms with Crippen LogP contribution in [0.25, 0.3) is 10.9 Å². The fourth-order valence-electron chi connectivity index (χ4n) is 4.95. The normalized spacial score (nSPS) is 14.0. The van der Waals surface area contributed by atoms with Crippen molar-refractivity contribution in [2.75, 3.05) is 46.3 Å². The molecule has 1 aromatic heterocycles. The van der Waals surface area contributed by atoms with Crippen LogP contribution < -0.4 is 15.8 Å². The molecule has 226 valence electrons. The van der Waals surface area contributed by atoms with Gasteiger partial charge in [0.2, 0.25) is 5.91 Å². The first kappa shape index (κ1) is 31.4. The summed E-state index contributed by atoms with van der Waals surface area (Å²) in [5.41, 5.74) is 8.44. The van der Waals surface area contributed by atoms with Crippen molar-refractivity contribution in [1.82, 2.24) is 25.3 Å². The van der Waals surface area contributed by atoms with E-state index in [1.807, 2.05) is 18.2 Å². The summed E-state index contributed by atoms with van der Waals surface area (Å²) < 4.78 is 20.8. The monoisotopic (exact) mass is 586 g/mol. The Balaban J connectivity index is 0.00000207. The molecule has 0 spiro atoms. The molecule has 10 heteroatoms. The number of amides is 2. The van der Waals surface area contributed by atoms with Crippen LogP contribution in [0.15, 0.2) is 79.5 Å². The summed E-state index contributed by atoms with van der Waals surface area (Å²) in [6.07, 6.45) is 3.40. The van der Waals surface area contributed by atoms with Crippen LogP contribution in [-0.2, 0) is 11.2 Å². The van der Waals surface area contributed by atoms with E-state index >= 15 is 0 Å².